The van der Waals surface area contributed by atoms with Gasteiger partial charge in [-0.15, -0.1) is 0 Å². The fourth-order valence-electron chi connectivity index (χ4n) is 3.50. The predicted molar refractivity (Wildman–Crippen MR) is 116 cm³/mol. The highest BCUT2D eigenvalue weighted by Crippen LogP contribution is 2.33. The molecule has 6 nitrogen and oxygen atoms in total. The first-order chi connectivity index (χ1) is 14.0. The summed E-state index contributed by atoms with van der Waals surface area (Å²) in [5.74, 6) is -0.422. The number of urea groups is 1. The third-order valence-electron chi connectivity index (χ3n) is 4.95. The van der Waals surface area contributed by atoms with Crippen LogP contribution in [0.25, 0.3) is 10.9 Å². The average molecular weight is 429 g/mol. The average Bonchev–Trinajstić information content (AvgIpc) is 3.08. The van der Waals surface area contributed by atoms with E-state index in [0.29, 0.717) is 30.8 Å². The van der Waals surface area contributed by atoms with Crippen LogP contribution in [0, 0.1) is 0 Å². The molecule has 0 atom stereocenters. The summed E-state index contributed by atoms with van der Waals surface area (Å²) >= 11 is 12.3. The van der Waals surface area contributed by atoms with E-state index in [1.807, 2.05) is 25.1 Å². The summed E-state index contributed by atoms with van der Waals surface area (Å²) < 4.78 is 0. The van der Waals surface area contributed by atoms with Crippen LogP contribution >= 0.6 is 23.2 Å². The van der Waals surface area contributed by atoms with Crippen LogP contribution in [0.2, 0.25) is 10.0 Å². The first-order valence-electron chi connectivity index (χ1n) is 9.20. The van der Waals surface area contributed by atoms with Crippen molar-refractivity contribution < 1.29 is 9.59 Å². The molecule has 148 valence electrons. The number of anilines is 2. The van der Waals surface area contributed by atoms with Crippen LogP contribution in [0.3, 0.4) is 0 Å². The molecule has 1 aliphatic heterocycles. The van der Waals surface area contributed by atoms with E-state index in [1.165, 1.54) is 0 Å². The molecule has 0 spiro atoms. The second-order valence-electron chi connectivity index (χ2n) is 6.60. The Balaban J connectivity index is 1.72. The number of nitrogens with one attached hydrogen (secondary N) is 1. The molecule has 4 rings (SSSR count). The molecule has 2 aromatic carbocycles. The minimum atomic E-state index is -0.422. The number of rotatable bonds is 4. The van der Waals surface area contributed by atoms with E-state index >= 15 is 0 Å². The smallest absolute Gasteiger partial charge is 0.323 e. The van der Waals surface area contributed by atoms with E-state index in [9.17, 15) is 9.59 Å². The molecular formula is C21H18Cl2N4O2. The second kappa shape index (κ2) is 7.89. The lowest BCUT2D eigenvalue weighted by Crippen LogP contribution is -2.31. The highest BCUT2D eigenvalue weighted by molar-refractivity contribution is 6.40. The number of amides is 3. The molecule has 0 radical (unpaired) electrons. The normalized spacial score (nSPS) is 14.0. The first kappa shape index (κ1) is 19.5. The van der Waals surface area contributed by atoms with Gasteiger partial charge < -0.3 is 10.2 Å². The van der Waals surface area contributed by atoms with Crippen molar-refractivity contribution in [3.05, 3.63) is 64.3 Å². The van der Waals surface area contributed by atoms with Crippen LogP contribution in [-0.4, -0.2) is 41.5 Å². The molecule has 2 heterocycles. The van der Waals surface area contributed by atoms with Gasteiger partial charge in [-0.1, -0.05) is 41.4 Å². The summed E-state index contributed by atoms with van der Waals surface area (Å²) in [6.07, 6.45) is 1.64. The summed E-state index contributed by atoms with van der Waals surface area (Å²) in [6, 6.07) is 12.1. The Hall–Kier alpha value is -2.83. The van der Waals surface area contributed by atoms with Crippen molar-refractivity contribution in [3.63, 3.8) is 0 Å². The number of nitrogens with zero attached hydrogens (tertiary/aromatic N) is 3. The van der Waals surface area contributed by atoms with Gasteiger partial charge in [0.25, 0.3) is 5.91 Å². The molecule has 1 fully saturated rings. The quantitative estimate of drug-likeness (QED) is 0.631. The Kier molecular flexibility index (Phi) is 5.30. The summed E-state index contributed by atoms with van der Waals surface area (Å²) in [4.78, 5) is 33.4. The molecular weight excluding hydrogens is 411 g/mol. The molecule has 0 unspecified atom stereocenters. The highest BCUT2D eigenvalue weighted by Gasteiger charge is 2.29. The van der Waals surface area contributed by atoms with Crippen LogP contribution in [0.5, 0.6) is 0 Å². The number of pyridine rings is 1. The van der Waals surface area contributed by atoms with Gasteiger partial charge in [0.2, 0.25) is 0 Å². The largest absolute Gasteiger partial charge is 0.324 e. The van der Waals surface area contributed by atoms with Gasteiger partial charge in [0, 0.05) is 31.2 Å². The van der Waals surface area contributed by atoms with Crippen LogP contribution in [-0.2, 0) is 0 Å². The Morgan fingerprint density at radius 3 is 2.52 bits per heavy atom. The number of carbonyl (C=O) groups is 2. The number of benzene rings is 2. The zero-order chi connectivity index (χ0) is 20.5. The molecule has 29 heavy (non-hydrogen) atoms. The van der Waals surface area contributed by atoms with Crippen molar-refractivity contribution in [3.8, 4) is 0 Å². The van der Waals surface area contributed by atoms with E-state index in [0.717, 1.165) is 11.1 Å². The third-order valence-corrected chi connectivity index (χ3v) is 5.58. The summed E-state index contributed by atoms with van der Waals surface area (Å²) in [6.45, 7) is 3.91. The van der Waals surface area contributed by atoms with Gasteiger partial charge in [0.15, 0.2) is 0 Å². The number of hydrogen-bond acceptors (Lipinski definition) is 3. The Morgan fingerprint density at radius 2 is 1.83 bits per heavy atom. The SMILES string of the molecule is CCN1CCN(c2ccnc3c(NC(=O)c4c(Cl)cccc4Cl)cccc23)C1=O. The zero-order valence-corrected chi connectivity index (χ0v) is 17.2. The minimum Gasteiger partial charge on any atom is -0.323 e. The van der Waals surface area contributed by atoms with E-state index in [1.54, 1.807) is 40.3 Å². The van der Waals surface area contributed by atoms with Gasteiger partial charge in [-0.05, 0) is 31.2 Å². The molecule has 1 saturated heterocycles. The maximum absolute atomic E-state index is 12.8. The Morgan fingerprint density at radius 1 is 1.10 bits per heavy atom. The summed E-state index contributed by atoms with van der Waals surface area (Å²) in [5.41, 5.74) is 2.08. The van der Waals surface area contributed by atoms with Gasteiger partial charge in [0.05, 0.1) is 32.5 Å². The molecule has 3 aromatic rings. The van der Waals surface area contributed by atoms with E-state index < -0.39 is 5.91 Å². The fraction of sp³-hybridized carbons (Fsp3) is 0.190. The van der Waals surface area contributed by atoms with Gasteiger partial charge in [-0.25, -0.2) is 4.79 Å². The second-order valence-corrected chi connectivity index (χ2v) is 7.41. The van der Waals surface area contributed by atoms with Crippen molar-refractivity contribution in [2.75, 3.05) is 29.9 Å². The monoisotopic (exact) mass is 428 g/mol. The van der Waals surface area contributed by atoms with Crippen molar-refractivity contribution in [2.45, 2.75) is 6.92 Å². The number of carbonyl (C=O) groups excluding carboxylic acids is 2. The van der Waals surface area contributed by atoms with Gasteiger partial charge in [0.1, 0.15) is 0 Å². The maximum Gasteiger partial charge on any atom is 0.324 e. The molecule has 1 aromatic heterocycles. The fourth-order valence-corrected chi connectivity index (χ4v) is 4.07. The molecule has 0 saturated carbocycles. The molecule has 1 aliphatic rings. The van der Waals surface area contributed by atoms with Crippen LogP contribution < -0.4 is 10.2 Å². The highest BCUT2D eigenvalue weighted by atomic mass is 35.5. The standard InChI is InChI=1S/C21H18Cl2N4O2/c1-2-26-11-12-27(21(26)29)17-9-10-24-19-13(17)5-3-8-16(19)25-20(28)18-14(22)6-4-7-15(18)23/h3-10H,2,11-12H2,1H3,(H,25,28). The third kappa shape index (κ3) is 3.50. The van der Waals surface area contributed by atoms with Crippen molar-refractivity contribution in [1.29, 1.82) is 0 Å². The first-order valence-corrected chi connectivity index (χ1v) is 9.96. The van der Waals surface area contributed by atoms with E-state index in [4.69, 9.17) is 23.2 Å². The van der Waals surface area contributed by atoms with Crippen LogP contribution in [0.15, 0.2) is 48.7 Å². The zero-order valence-electron chi connectivity index (χ0n) is 15.7. The lowest BCUT2D eigenvalue weighted by Gasteiger charge is -2.19. The number of aromatic nitrogens is 1. The molecule has 3 amide bonds. The van der Waals surface area contributed by atoms with Gasteiger partial charge in [-0.2, -0.15) is 0 Å². The number of para-hydroxylation sites is 1. The topological polar surface area (TPSA) is 65.5 Å². The maximum atomic E-state index is 12.8. The molecule has 1 N–H and O–H groups in total. The Bertz CT molecular complexity index is 1100. The number of fused-ring (bicyclic) bond motifs is 1. The van der Waals surface area contributed by atoms with Crippen LogP contribution in [0.4, 0.5) is 16.2 Å². The number of hydrogen-bond donors (Lipinski definition) is 1. The number of likely N-dealkylation sites (N-methyl/N-ethyl adjacent to an activating group) is 1. The predicted octanol–water partition coefficient (Wildman–Crippen LogP) is 5.06. The lowest BCUT2D eigenvalue weighted by molar-refractivity contribution is 0.102. The van der Waals surface area contributed by atoms with Gasteiger partial charge >= 0.3 is 6.03 Å². The number of halogens is 2. The summed E-state index contributed by atoms with van der Waals surface area (Å²) in [5, 5.41) is 4.17. The van der Waals surface area contributed by atoms with E-state index in [-0.39, 0.29) is 21.6 Å². The van der Waals surface area contributed by atoms with Gasteiger partial charge in [-0.3, -0.25) is 14.7 Å². The van der Waals surface area contributed by atoms with Crippen molar-refractivity contribution >= 4 is 57.4 Å². The lowest BCUT2D eigenvalue weighted by atomic mass is 10.1. The van der Waals surface area contributed by atoms with Crippen molar-refractivity contribution in [2.24, 2.45) is 0 Å². The van der Waals surface area contributed by atoms with Crippen molar-refractivity contribution in [1.82, 2.24) is 9.88 Å². The molecule has 0 bridgehead atoms. The minimum absolute atomic E-state index is 0.0303. The Labute approximate surface area is 178 Å². The van der Waals surface area contributed by atoms with Crippen LogP contribution in [0.1, 0.15) is 17.3 Å². The van der Waals surface area contributed by atoms with E-state index in [2.05, 4.69) is 10.3 Å². The summed E-state index contributed by atoms with van der Waals surface area (Å²) in [7, 11) is 0. The molecule has 8 heteroatoms. The molecule has 0 aliphatic carbocycles.